The molecule has 0 saturated carbocycles. The number of anilines is 1. The number of halogens is 1. The molecule has 7 nitrogen and oxygen atoms in total. The fraction of sp³-hybridized carbons (Fsp3) is 0.714. The third-order valence-electron chi connectivity index (χ3n) is 7.74. The number of nitriles is 1. The molecule has 0 amide bonds. The molecule has 0 spiro atoms. The van der Waals surface area contributed by atoms with E-state index in [0.717, 1.165) is 36.8 Å². The van der Waals surface area contributed by atoms with Crippen molar-refractivity contribution in [2.75, 3.05) is 45.9 Å². The van der Waals surface area contributed by atoms with Crippen molar-refractivity contribution >= 4 is 12.0 Å². The Labute approximate surface area is 216 Å². The summed E-state index contributed by atoms with van der Waals surface area (Å²) in [5.74, 6) is 0.598. The van der Waals surface area contributed by atoms with Gasteiger partial charge in [-0.2, -0.15) is 5.26 Å². The van der Waals surface area contributed by atoms with Crippen molar-refractivity contribution < 1.29 is 18.7 Å². The first-order chi connectivity index (χ1) is 17.2. The average molecular weight is 505 g/mol. The first-order valence-corrected chi connectivity index (χ1v) is 13.1. The molecule has 1 saturated heterocycles. The lowest BCUT2D eigenvalue weighted by atomic mass is 9.87. The lowest BCUT2D eigenvalue weighted by molar-refractivity contribution is -0.108. The van der Waals surface area contributed by atoms with Crippen LogP contribution in [-0.4, -0.2) is 70.2 Å². The third-order valence-corrected chi connectivity index (χ3v) is 7.74. The zero-order chi connectivity index (χ0) is 26.7. The topological polar surface area (TPSA) is 91.8 Å². The summed E-state index contributed by atoms with van der Waals surface area (Å²) in [5, 5.41) is 9.51. The Balaban J connectivity index is 2.20. The number of carbonyl (C=O) groups excluding carboxylic acids is 1. The number of nitrogens with two attached hydrogens (primary N) is 1. The van der Waals surface area contributed by atoms with E-state index in [4.69, 9.17) is 15.2 Å². The van der Waals surface area contributed by atoms with Gasteiger partial charge in [0, 0.05) is 58.9 Å². The Morgan fingerprint density at radius 2 is 2.00 bits per heavy atom. The molecular formula is C28H45FN4O3. The Morgan fingerprint density at radius 3 is 2.58 bits per heavy atom. The molecular weight excluding hydrogens is 459 g/mol. The fourth-order valence-electron chi connectivity index (χ4n) is 5.06. The number of alkyl halides is 1. The van der Waals surface area contributed by atoms with Gasteiger partial charge in [-0.25, -0.2) is 4.39 Å². The number of aldehydes is 1. The Hall–Kier alpha value is -2.05. The average Bonchev–Trinajstić information content (AvgIpc) is 2.88. The van der Waals surface area contributed by atoms with E-state index in [1.807, 2.05) is 36.0 Å². The monoisotopic (exact) mass is 504 g/mol. The van der Waals surface area contributed by atoms with E-state index >= 15 is 4.39 Å². The molecule has 0 aliphatic carbocycles. The van der Waals surface area contributed by atoms with Gasteiger partial charge in [0.25, 0.3) is 0 Å². The number of ether oxygens (including phenoxy) is 2. The van der Waals surface area contributed by atoms with Gasteiger partial charge >= 0.3 is 0 Å². The van der Waals surface area contributed by atoms with Gasteiger partial charge in [-0.15, -0.1) is 0 Å². The van der Waals surface area contributed by atoms with Crippen LogP contribution in [0.5, 0.6) is 0 Å². The maximum Gasteiger partial charge on any atom is 0.134 e. The van der Waals surface area contributed by atoms with Gasteiger partial charge in [-0.3, -0.25) is 10.6 Å². The molecule has 1 aromatic carbocycles. The maximum absolute atomic E-state index is 15.3. The second-order valence-electron chi connectivity index (χ2n) is 10.4. The number of hydrogen-bond acceptors (Lipinski definition) is 7. The molecule has 0 bridgehead atoms. The van der Waals surface area contributed by atoms with Gasteiger partial charge < -0.3 is 19.2 Å². The zero-order valence-corrected chi connectivity index (χ0v) is 22.7. The molecule has 3 unspecified atom stereocenters. The minimum atomic E-state index is -1.33. The number of methoxy groups -OCH3 is 1. The highest BCUT2D eigenvalue weighted by Gasteiger charge is 2.35. The van der Waals surface area contributed by atoms with E-state index in [0.29, 0.717) is 50.4 Å². The third kappa shape index (κ3) is 8.52. The first-order valence-electron chi connectivity index (χ1n) is 13.1. The minimum absolute atomic E-state index is 0.148. The van der Waals surface area contributed by atoms with Crippen molar-refractivity contribution in [2.45, 2.75) is 76.9 Å². The molecule has 0 radical (unpaired) electrons. The molecule has 1 aliphatic heterocycles. The van der Waals surface area contributed by atoms with Crippen LogP contribution in [0.2, 0.25) is 0 Å². The van der Waals surface area contributed by atoms with Gasteiger partial charge in [-0.1, -0.05) is 26.3 Å². The lowest BCUT2D eigenvalue weighted by Gasteiger charge is -2.39. The highest BCUT2D eigenvalue weighted by atomic mass is 19.1. The van der Waals surface area contributed by atoms with Crippen LogP contribution in [0.25, 0.3) is 0 Å². The van der Waals surface area contributed by atoms with E-state index in [1.54, 1.807) is 13.2 Å². The van der Waals surface area contributed by atoms with Crippen molar-refractivity contribution in [2.24, 2.45) is 17.6 Å². The van der Waals surface area contributed by atoms with Crippen LogP contribution in [0.4, 0.5) is 10.1 Å². The predicted molar refractivity (Wildman–Crippen MR) is 141 cm³/mol. The molecule has 202 valence electrons. The van der Waals surface area contributed by atoms with E-state index in [2.05, 4.69) is 19.9 Å². The predicted octanol–water partition coefficient (Wildman–Crippen LogP) is 4.28. The van der Waals surface area contributed by atoms with Gasteiger partial charge in [-0.05, 0) is 55.8 Å². The molecule has 0 aromatic heterocycles. The van der Waals surface area contributed by atoms with E-state index in [-0.39, 0.29) is 18.6 Å². The zero-order valence-electron chi connectivity index (χ0n) is 22.7. The molecule has 36 heavy (non-hydrogen) atoms. The van der Waals surface area contributed by atoms with Crippen LogP contribution in [0.3, 0.4) is 0 Å². The van der Waals surface area contributed by atoms with Crippen molar-refractivity contribution in [3.8, 4) is 6.07 Å². The Bertz CT molecular complexity index is 856. The summed E-state index contributed by atoms with van der Waals surface area (Å²) in [7, 11) is 5.44. The van der Waals surface area contributed by atoms with E-state index < -0.39 is 12.0 Å². The highest BCUT2D eigenvalue weighted by molar-refractivity contribution is 5.58. The van der Waals surface area contributed by atoms with Gasteiger partial charge in [0.05, 0.1) is 17.7 Å². The maximum atomic E-state index is 15.3. The van der Waals surface area contributed by atoms with Crippen molar-refractivity contribution in [3.63, 3.8) is 0 Å². The minimum Gasteiger partial charge on any atom is -0.381 e. The van der Waals surface area contributed by atoms with Gasteiger partial charge in [0.2, 0.25) is 0 Å². The lowest BCUT2D eigenvalue weighted by Crippen LogP contribution is -2.56. The first kappa shape index (κ1) is 30.2. The van der Waals surface area contributed by atoms with E-state index in [9.17, 15) is 10.1 Å². The second kappa shape index (κ2) is 14.6. The van der Waals surface area contributed by atoms with E-state index in [1.165, 1.54) is 0 Å². The summed E-state index contributed by atoms with van der Waals surface area (Å²) in [6.45, 7) is 5.39. The molecule has 1 aliphatic rings. The molecule has 2 rings (SSSR count). The molecule has 1 heterocycles. The summed E-state index contributed by atoms with van der Waals surface area (Å²) < 4.78 is 26.3. The van der Waals surface area contributed by atoms with Crippen LogP contribution in [-0.2, 0) is 20.7 Å². The van der Waals surface area contributed by atoms with Gasteiger partial charge in [0.1, 0.15) is 18.2 Å². The van der Waals surface area contributed by atoms with Crippen LogP contribution >= 0.6 is 0 Å². The summed E-state index contributed by atoms with van der Waals surface area (Å²) >= 11 is 0. The summed E-state index contributed by atoms with van der Waals surface area (Å²) in [6.07, 6.45) is 5.20. The fourth-order valence-corrected chi connectivity index (χ4v) is 5.06. The molecule has 2 N–H and O–H groups in total. The van der Waals surface area contributed by atoms with Crippen molar-refractivity contribution in [1.29, 1.82) is 5.26 Å². The SMILES string of the molecule is CCC(C)[C@@H](CCC(CC=O)Cc1ccc(C#N)cc1N(C)C(N)N(C)CC1(F)CCOCC1)OC. The quantitative estimate of drug-likeness (QED) is 0.282. The second-order valence-corrected chi connectivity index (χ2v) is 10.4. The van der Waals surface area contributed by atoms with Crippen LogP contribution < -0.4 is 10.6 Å². The van der Waals surface area contributed by atoms with Crippen LogP contribution in [0, 0.1) is 23.2 Å². The molecule has 1 fully saturated rings. The Kier molecular flexibility index (Phi) is 12.3. The van der Waals surface area contributed by atoms with Crippen molar-refractivity contribution in [1.82, 2.24) is 4.90 Å². The Morgan fingerprint density at radius 1 is 1.31 bits per heavy atom. The molecule has 8 heteroatoms. The molecule has 4 atom stereocenters. The van der Waals surface area contributed by atoms with Crippen LogP contribution in [0.15, 0.2) is 18.2 Å². The van der Waals surface area contributed by atoms with Crippen LogP contribution in [0.1, 0.15) is 63.5 Å². The normalized spacial score (nSPS) is 18.8. The number of rotatable bonds is 15. The highest BCUT2D eigenvalue weighted by Crippen LogP contribution is 2.30. The summed E-state index contributed by atoms with van der Waals surface area (Å²) in [5.41, 5.74) is 7.63. The van der Waals surface area contributed by atoms with Gasteiger partial charge in [0.15, 0.2) is 0 Å². The molecule has 1 aromatic rings. The smallest absolute Gasteiger partial charge is 0.134 e. The standard InChI is InChI=1S/C28H45FN4O3/c1-6-21(2)26(35-5)10-8-22(11-14-34)17-24-9-7-23(19-30)18-25(24)33(4)27(31)32(3)20-28(29)12-15-36-16-13-28/h7,9,14,18,21-22,26-27H,6,8,10-13,15-17,20,31H2,1-5H3/t21?,22?,26-,27?/m1/s1. The number of hydrogen-bond donors (Lipinski definition) is 1. The van der Waals surface area contributed by atoms with Crippen molar-refractivity contribution in [3.05, 3.63) is 29.3 Å². The number of benzene rings is 1. The number of nitrogens with zero attached hydrogens (tertiary/aromatic N) is 3. The summed E-state index contributed by atoms with van der Waals surface area (Å²) in [4.78, 5) is 15.2. The summed E-state index contributed by atoms with van der Waals surface area (Å²) in [6, 6.07) is 7.79. The number of carbonyl (C=O) groups is 1. The largest absolute Gasteiger partial charge is 0.381 e.